The van der Waals surface area contributed by atoms with E-state index in [2.05, 4.69) is 0 Å². The van der Waals surface area contributed by atoms with E-state index in [9.17, 15) is 45.6 Å². The lowest BCUT2D eigenvalue weighted by Crippen LogP contribution is -2.62. The molecule has 2 fully saturated rings. The van der Waals surface area contributed by atoms with Crippen molar-refractivity contribution >= 4 is 12.0 Å². The van der Waals surface area contributed by atoms with Crippen molar-refractivity contribution < 1.29 is 69.3 Å². The first-order valence-electron chi connectivity index (χ1n) is 12.9. The zero-order valence-electron chi connectivity index (χ0n) is 21.9. The average molecular weight is 573 g/mol. The zero-order valence-corrected chi connectivity index (χ0v) is 21.9. The zero-order chi connectivity index (χ0) is 29.4. The minimum Gasteiger partial charge on any atom is -0.483 e. The molecular weight excluding hydrogens is 536 g/mol. The molecule has 0 saturated carbocycles. The molecule has 14 heteroatoms. The largest absolute Gasteiger partial charge is 0.483 e. The van der Waals surface area contributed by atoms with Gasteiger partial charge in [-0.2, -0.15) is 0 Å². The Balaban J connectivity index is 1.54. The number of carboxylic acid groups (broad SMARTS) is 1. The highest BCUT2D eigenvalue weighted by Gasteiger charge is 2.48. The van der Waals surface area contributed by atoms with Crippen LogP contribution in [-0.4, -0.2) is 127 Å². The Morgan fingerprint density at radius 1 is 0.900 bits per heavy atom. The molecule has 10 atom stereocenters. The fourth-order valence-electron chi connectivity index (χ4n) is 4.72. The third-order valence-electron chi connectivity index (χ3n) is 7.05. The van der Waals surface area contributed by atoms with Gasteiger partial charge in [0, 0.05) is 6.42 Å². The lowest BCUT2D eigenvalue weighted by atomic mass is 9.97. The minimum absolute atomic E-state index is 0.0762. The molecule has 0 aromatic heterocycles. The van der Waals surface area contributed by atoms with E-state index < -0.39 is 86.2 Å². The summed E-state index contributed by atoms with van der Waals surface area (Å²) >= 11 is 0. The van der Waals surface area contributed by atoms with Gasteiger partial charge in [-0.3, -0.25) is 4.79 Å². The molecular formula is C26H36O14. The Morgan fingerprint density at radius 3 is 2.17 bits per heavy atom. The van der Waals surface area contributed by atoms with E-state index in [0.717, 1.165) is 0 Å². The number of rotatable bonds is 9. The number of aliphatic hydroxyl groups excluding tert-OH is 7. The summed E-state index contributed by atoms with van der Waals surface area (Å²) in [6.45, 7) is 2.49. The van der Waals surface area contributed by atoms with Crippen LogP contribution in [0, 0.1) is 0 Å². The van der Waals surface area contributed by atoms with Crippen LogP contribution in [0.5, 0.6) is 11.5 Å². The Kier molecular flexibility index (Phi) is 9.36. The van der Waals surface area contributed by atoms with E-state index in [1.165, 1.54) is 0 Å². The number of aryl methyl sites for hydroxylation is 1. The van der Waals surface area contributed by atoms with Gasteiger partial charge in [-0.15, -0.1) is 0 Å². The molecule has 0 radical (unpaired) electrons. The molecule has 2 saturated heterocycles. The van der Waals surface area contributed by atoms with Crippen LogP contribution in [0.4, 0.5) is 0 Å². The highest BCUT2D eigenvalue weighted by atomic mass is 16.7. The lowest BCUT2D eigenvalue weighted by Gasteiger charge is -2.43. The second-order valence-corrected chi connectivity index (χ2v) is 10.6. The summed E-state index contributed by atoms with van der Waals surface area (Å²) in [6, 6.07) is 3.31. The van der Waals surface area contributed by atoms with Crippen molar-refractivity contribution in [3.8, 4) is 11.5 Å². The Hall–Kier alpha value is -2.37. The number of aliphatic carboxylic acids is 1. The van der Waals surface area contributed by atoms with E-state index in [1.54, 1.807) is 24.3 Å². The fraction of sp³-hybridized carbons (Fsp3) is 0.654. The topological polar surface area (TPSA) is 225 Å². The molecule has 40 heavy (non-hydrogen) atoms. The molecule has 14 nitrogen and oxygen atoms in total. The molecule has 0 bridgehead atoms. The van der Waals surface area contributed by atoms with Gasteiger partial charge in [0.25, 0.3) is 0 Å². The van der Waals surface area contributed by atoms with Crippen LogP contribution < -0.4 is 9.47 Å². The van der Waals surface area contributed by atoms with Crippen molar-refractivity contribution in [2.75, 3.05) is 13.2 Å². The highest BCUT2D eigenvalue weighted by molar-refractivity contribution is 5.71. The van der Waals surface area contributed by atoms with E-state index >= 15 is 0 Å². The second-order valence-electron chi connectivity index (χ2n) is 10.6. The van der Waals surface area contributed by atoms with Crippen molar-refractivity contribution in [2.45, 2.75) is 93.7 Å². The Morgan fingerprint density at radius 2 is 1.52 bits per heavy atom. The maximum absolute atomic E-state index is 11.2. The summed E-state index contributed by atoms with van der Waals surface area (Å²) in [5, 5.41) is 80.4. The quantitative estimate of drug-likeness (QED) is 0.159. The van der Waals surface area contributed by atoms with E-state index in [4.69, 9.17) is 23.7 Å². The van der Waals surface area contributed by atoms with Gasteiger partial charge in [-0.05, 0) is 44.1 Å². The number of ether oxygens (including phenoxy) is 5. The molecule has 4 unspecified atom stereocenters. The first-order chi connectivity index (χ1) is 18.8. The molecule has 1 aromatic rings. The van der Waals surface area contributed by atoms with E-state index in [-0.39, 0.29) is 18.6 Å². The van der Waals surface area contributed by atoms with Gasteiger partial charge in [0.15, 0.2) is 6.29 Å². The molecule has 3 aliphatic heterocycles. The predicted molar refractivity (Wildman–Crippen MR) is 133 cm³/mol. The molecule has 0 aliphatic carbocycles. The van der Waals surface area contributed by atoms with Gasteiger partial charge in [0.05, 0.1) is 18.8 Å². The number of benzene rings is 1. The number of hydrogen-bond donors (Lipinski definition) is 8. The standard InChI is InChI=1S/C26H36O14/c1-26(2)8-7-12-13(40-26)5-3-11(4-6-16(28)29)23(12)39-25-22(35)20(33)18(31)15(38-25)10-36-24-21(34)19(32)17(30)14(9-27)37-24/h3,5,7-8,14-15,17-22,24-25,27,30-35H,4,6,9-10H2,1-2H3,(H,28,29)/t14?,15?,17-,18+,19-,20-,21?,22?,24+,25-/m0/s1. The van der Waals surface area contributed by atoms with Crippen molar-refractivity contribution in [2.24, 2.45) is 0 Å². The first kappa shape index (κ1) is 30.6. The van der Waals surface area contributed by atoms with Crippen molar-refractivity contribution in [3.05, 3.63) is 29.3 Å². The summed E-state index contributed by atoms with van der Waals surface area (Å²) in [6.07, 6.45) is -12.4. The maximum atomic E-state index is 11.2. The summed E-state index contributed by atoms with van der Waals surface area (Å²) in [5.74, 6) is -0.434. The fourth-order valence-corrected chi connectivity index (χ4v) is 4.72. The summed E-state index contributed by atoms with van der Waals surface area (Å²) < 4.78 is 28.5. The van der Waals surface area contributed by atoms with Gasteiger partial charge < -0.3 is 64.5 Å². The number of carboxylic acids is 1. The Labute approximate surface area is 229 Å². The van der Waals surface area contributed by atoms with Crippen LogP contribution in [0.1, 0.15) is 31.4 Å². The van der Waals surface area contributed by atoms with E-state index in [1.807, 2.05) is 13.8 Å². The second kappa shape index (κ2) is 12.2. The molecule has 1 aromatic carbocycles. The molecule has 0 amide bonds. The SMILES string of the molecule is CC1(C)C=Cc2c(ccc(CCC(=O)O)c2O[C@@H]2OC(CO[C@@H]3OC(CO)[C@H](O)[C@H](O)C3O)[C@@H](O)[C@H](O)C2O)O1. The first-order valence-corrected chi connectivity index (χ1v) is 12.9. The van der Waals surface area contributed by atoms with Crippen molar-refractivity contribution in [1.82, 2.24) is 0 Å². The normalized spacial score (nSPS) is 36.9. The molecule has 4 rings (SSSR count). The van der Waals surface area contributed by atoms with Gasteiger partial charge in [0.1, 0.15) is 65.9 Å². The molecule has 8 N–H and O–H groups in total. The van der Waals surface area contributed by atoms with Gasteiger partial charge >= 0.3 is 5.97 Å². The van der Waals surface area contributed by atoms with Crippen LogP contribution in [0.2, 0.25) is 0 Å². The van der Waals surface area contributed by atoms with E-state index in [0.29, 0.717) is 16.9 Å². The number of fused-ring (bicyclic) bond motifs is 1. The molecule has 3 heterocycles. The molecule has 3 aliphatic rings. The van der Waals surface area contributed by atoms with Gasteiger partial charge in [-0.1, -0.05) is 6.07 Å². The maximum Gasteiger partial charge on any atom is 0.303 e. The van der Waals surface area contributed by atoms with Gasteiger partial charge in [0.2, 0.25) is 6.29 Å². The van der Waals surface area contributed by atoms with Crippen LogP contribution >= 0.6 is 0 Å². The predicted octanol–water partition coefficient (Wildman–Crippen LogP) is -2.11. The minimum atomic E-state index is -1.75. The number of aliphatic hydroxyl groups is 7. The van der Waals surface area contributed by atoms with Crippen molar-refractivity contribution in [3.63, 3.8) is 0 Å². The Bertz CT molecular complexity index is 1070. The molecule has 0 spiro atoms. The number of hydrogen-bond acceptors (Lipinski definition) is 13. The van der Waals surface area contributed by atoms with Crippen LogP contribution in [-0.2, 0) is 25.4 Å². The smallest absolute Gasteiger partial charge is 0.303 e. The lowest BCUT2D eigenvalue weighted by molar-refractivity contribution is -0.323. The monoisotopic (exact) mass is 572 g/mol. The van der Waals surface area contributed by atoms with Crippen LogP contribution in [0.15, 0.2) is 18.2 Å². The third-order valence-corrected chi connectivity index (χ3v) is 7.05. The summed E-state index contributed by atoms with van der Waals surface area (Å²) in [7, 11) is 0. The summed E-state index contributed by atoms with van der Waals surface area (Å²) in [4.78, 5) is 11.2. The third kappa shape index (κ3) is 6.41. The van der Waals surface area contributed by atoms with Crippen LogP contribution in [0.25, 0.3) is 6.08 Å². The molecule has 224 valence electrons. The highest BCUT2D eigenvalue weighted by Crippen LogP contribution is 2.41. The summed E-state index contributed by atoms with van der Waals surface area (Å²) in [5.41, 5.74) is 0.313. The van der Waals surface area contributed by atoms with Crippen molar-refractivity contribution in [1.29, 1.82) is 0 Å². The van der Waals surface area contributed by atoms with Gasteiger partial charge in [-0.25, -0.2) is 0 Å². The number of carbonyl (C=O) groups is 1. The average Bonchev–Trinajstić information content (AvgIpc) is 2.91. The van der Waals surface area contributed by atoms with Crippen LogP contribution in [0.3, 0.4) is 0 Å².